The van der Waals surface area contributed by atoms with E-state index in [2.05, 4.69) is 5.43 Å². The molecule has 0 aliphatic heterocycles. The molecule has 4 nitrogen and oxygen atoms in total. The summed E-state index contributed by atoms with van der Waals surface area (Å²) in [7, 11) is 3.81. The zero-order chi connectivity index (χ0) is 12.1. The van der Waals surface area contributed by atoms with Crippen molar-refractivity contribution in [2.45, 2.75) is 20.0 Å². The number of hydrazine groups is 1. The van der Waals surface area contributed by atoms with Gasteiger partial charge in [-0.3, -0.25) is 0 Å². The van der Waals surface area contributed by atoms with Crippen molar-refractivity contribution >= 4 is 11.7 Å². The van der Waals surface area contributed by atoms with Gasteiger partial charge in [0.1, 0.15) is 0 Å². The van der Waals surface area contributed by atoms with Gasteiger partial charge >= 0.3 is 5.97 Å². The number of carbonyl (C=O) groups excluding carboxylic acids is 1. The normalized spacial score (nSPS) is 10.6. The summed E-state index contributed by atoms with van der Waals surface area (Å²) in [6.45, 7) is 3.67. The van der Waals surface area contributed by atoms with Crippen LogP contribution in [0.15, 0.2) is 24.3 Å². The third kappa shape index (κ3) is 3.90. The second-order valence-electron chi connectivity index (χ2n) is 4.04. The summed E-state index contributed by atoms with van der Waals surface area (Å²) in [5.41, 5.74) is 4.60. The molecule has 0 unspecified atom stereocenters. The van der Waals surface area contributed by atoms with Crippen molar-refractivity contribution in [3.8, 4) is 0 Å². The Morgan fingerprint density at radius 3 is 2.25 bits per heavy atom. The van der Waals surface area contributed by atoms with Gasteiger partial charge in [-0.2, -0.15) is 0 Å². The molecular formula is C12H18N2O2. The van der Waals surface area contributed by atoms with Gasteiger partial charge in [-0.25, -0.2) is 9.80 Å². The molecule has 0 bridgehead atoms. The van der Waals surface area contributed by atoms with Crippen LogP contribution in [0, 0.1) is 0 Å². The molecule has 1 aromatic carbocycles. The number of anilines is 1. The van der Waals surface area contributed by atoms with Crippen molar-refractivity contribution < 1.29 is 9.53 Å². The van der Waals surface area contributed by atoms with E-state index in [4.69, 9.17) is 4.74 Å². The maximum Gasteiger partial charge on any atom is 0.338 e. The molecule has 88 valence electrons. The molecule has 0 aliphatic rings. The first kappa shape index (κ1) is 12.5. The number of benzene rings is 1. The zero-order valence-corrected chi connectivity index (χ0v) is 10.2. The fourth-order valence-corrected chi connectivity index (χ4v) is 1.22. The van der Waals surface area contributed by atoms with E-state index in [0.717, 1.165) is 5.69 Å². The first-order valence-corrected chi connectivity index (χ1v) is 5.24. The summed E-state index contributed by atoms with van der Waals surface area (Å²) >= 11 is 0. The minimum absolute atomic E-state index is 0.0907. The second-order valence-corrected chi connectivity index (χ2v) is 4.04. The summed E-state index contributed by atoms with van der Waals surface area (Å²) in [5, 5.41) is 1.83. The molecule has 0 aliphatic carbocycles. The maximum atomic E-state index is 11.5. The molecule has 1 N–H and O–H groups in total. The molecule has 0 aromatic heterocycles. The number of rotatable bonds is 4. The number of hydrogen-bond acceptors (Lipinski definition) is 4. The van der Waals surface area contributed by atoms with Crippen LogP contribution in [0.25, 0.3) is 0 Å². The van der Waals surface area contributed by atoms with Gasteiger partial charge in [0.25, 0.3) is 0 Å². The highest BCUT2D eigenvalue weighted by Crippen LogP contribution is 2.11. The largest absolute Gasteiger partial charge is 0.459 e. The first-order chi connectivity index (χ1) is 7.49. The van der Waals surface area contributed by atoms with E-state index < -0.39 is 0 Å². The SMILES string of the molecule is CC(C)OC(=O)c1ccc(NN(C)C)cc1. The molecule has 0 radical (unpaired) electrons. The van der Waals surface area contributed by atoms with E-state index in [1.807, 2.05) is 45.1 Å². The topological polar surface area (TPSA) is 41.6 Å². The smallest absolute Gasteiger partial charge is 0.338 e. The van der Waals surface area contributed by atoms with E-state index in [1.54, 1.807) is 12.1 Å². The third-order valence-corrected chi connectivity index (χ3v) is 1.82. The molecule has 0 saturated heterocycles. The van der Waals surface area contributed by atoms with E-state index in [9.17, 15) is 4.79 Å². The fourth-order valence-electron chi connectivity index (χ4n) is 1.22. The quantitative estimate of drug-likeness (QED) is 0.626. The predicted molar refractivity (Wildman–Crippen MR) is 64.3 cm³/mol. The Morgan fingerprint density at radius 2 is 1.81 bits per heavy atom. The number of nitrogens with one attached hydrogen (secondary N) is 1. The minimum atomic E-state index is -0.286. The second kappa shape index (κ2) is 5.51. The average Bonchev–Trinajstić information content (AvgIpc) is 2.16. The van der Waals surface area contributed by atoms with Crippen LogP contribution in [-0.4, -0.2) is 31.2 Å². The van der Waals surface area contributed by atoms with E-state index in [0.29, 0.717) is 5.56 Å². The molecule has 1 aromatic rings. The lowest BCUT2D eigenvalue weighted by Crippen LogP contribution is -2.19. The molecule has 0 fully saturated rings. The van der Waals surface area contributed by atoms with Crippen LogP contribution in [-0.2, 0) is 4.74 Å². The Balaban J connectivity index is 2.67. The van der Waals surface area contributed by atoms with Crippen molar-refractivity contribution in [1.82, 2.24) is 5.01 Å². The van der Waals surface area contributed by atoms with E-state index in [-0.39, 0.29) is 12.1 Å². The number of nitrogens with zero attached hydrogens (tertiary/aromatic N) is 1. The molecule has 0 spiro atoms. The predicted octanol–water partition coefficient (Wildman–Crippen LogP) is 2.14. The van der Waals surface area contributed by atoms with Crippen molar-refractivity contribution in [3.63, 3.8) is 0 Å². The average molecular weight is 222 g/mol. The summed E-state index contributed by atoms with van der Waals surface area (Å²) in [6.07, 6.45) is -0.0907. The highest BCUT2D eigenvalue weighted by Gasteiger charge is 2.08. The van der Waals surface area contributed by atoms with Gasteiger partial charge < -0.3 is 10.2 Å². The van der Waals surface area contributed by atoms with Crippen LogP contribution in [0.4, 0.5) is 5.69 Å². The van der Waals surface area contributed by atoms with Gasteiger partial charge in [0.2, 0.25) is 0 Å². The molecule has 1 rings (SSSR count). The molecule has 0 amide bonds. The summed E-state index contributed by atoms with van der Waals surface area (Å²) in [5.74, 6) is -0.286. The van der Waals surface area contributed by atoms with E-state index in [1.165, 1.54) is 0 Å². The van der Waals surface area contributed by atoms with Gasteiger partial charge in [-0.05, 0) is 38.1 Å². The van der Waals surface area contributed by atoms with Crippen LogP contribution in [0.3, 0.4) is 0 Å². The number of esters is 1. The third-order valence-electron chi connectivity index (χ3n) is 1.82. The molecule has 0 saturated carbocycles. The lowest BCUT2D eigenvalue weighted by atomic mass is 10.2. The molecule has 0 atom stereocenters. The minimum Gasteiger partial charge on any atom is -0.459 e. The van der Waals surface area contributed by atoms with Crippen LogP contribution < -0.4 is 5.43 Å². The molecule has 16 heavy (non-hydrogen) atoms. The lowest BCUT2D eigenvalue weighted by Gasteiger charge is -2.13. The number of carbonyl (C=O) groups is 1. The van der Waals surface area contributed by atoms with Gasteiger partial charge in [-0.1, -0.05) is 0 Å². The van der Waals surface area contributed by atoms with Crippen molar-refractivity contribution in [2.75, 3.05) is 19.5 Å². The number of ether oxygens (including phenoxy) is 1. The van der Waals surface area contributed by atoms with E-state index >= 15 is 0 Å². The van der Waals surface area contributed by atoms with Gasteiger partial charge in [0, 0.05) is 19.8 Å². The lowest BCUT2D eigenvalue weighted by molar-refractivity contribution is 0.0378. The summed E-state index contributed by atoms with van der Waals surface area (Å²) < 4.78 is 5.09. The van der Waals surface area contributed by atoms with Crippen molar-refractivity contribution in [3.05, 3.63) is 29.8 Å². The summed E-state index contributed by atoms with van der Waals surface area (Å²) in [6, 6.07) is 7.18. The Kier molecular flexibility index (Phi) is 4.31. The molecular weight excluding hydrogens is 204 g/mol. The summed E-state index contributed by atoms with van der Waals surface area (Å²) in [4.78, 5) is 11.5. The standard InChI is InChI=1S/C12H18N2O2/c1-9(2)16-12(15)10-5-7-11(8-6-10)13-14(3)4/h5-9,13H,1-4H3. The Morgan fingerprint density at radius 1 is 1.25 bits per heavy atom. The fraction of sp³-hybridized carbons (Fsp3) is 0.417. The van der Waals surface area contributed by atoms with Crippen LogP contribution in [0.1, 0.15) is 24.2 Å². The van der Waals surface area contributed by atoms with Gasteiger partial charge in [0.15, 0.2) is 0 Å². The van der Waals surface area contributed by atoms with Crippen LogP contribution in [0.5, 0.6) is 0 Å². The highest BCUT2D eigenvalue weighted by atomic mass is 16.5. The zero-order valence-electron chi connectivity index (χ0n) is 10.2. The van der Waals surface area contributed by atoms with Gasteiger partial charge in [-0.15, -0.1) is 0 Å². The van der Waals surface area contributed by atoms with Crippen molar-refractivity contribution in [1.29, 1.82) is 0 Å². The Hall–Kier alpha value is -1.55. The monoisotopic (exact) mass is 222 g/mol. The van der Waals surface area contributed by atoms with Gasteiger partial charge in [0.05, 0.1) is 11.7 Å². The molecule has 4 heteroatoms. The Bertz CT molecular complexity index is 345. The maximum absolute atomic E-state index is 11.5. The molecule has 0 heterocycles. The number of hydrogen-bond donors (Lipinski definition) is 1. The highest BCUT2D eigenvalue weighted by molar-refractivity contribution is 5.89. The van der Waals surface area contributed by atoms with Crippen molar-refractivity contribution in [2.24, 2.45) is 0 Å². The Labute approximate surface area is 96.2 Å². The first-order valence-electron chi connectivity index (χ1n) is 5.24. The van der Waals surface area contributed by atoms with Crippen LogP contribution >= 0.6 is 0 Å². The van der Waals surface area contributed by atoms with Crippen LogP contribution in [0.2, 0.25) is 0 Å².